The third-order valence-corrected chi connectivity index (χ3v) is 3.64. The van der Waals surface area contributed by atoms with Crippen LogP contribution in [0.2, 0.25) is 0 Å². The van der Waals surface area contributed by atoms with Gasteiger partial charge in [0.05, 0.1) is 5.56 Å². The van der Waals surface area contributed by atoms with Crippen LogP contribution < -0.4 is 4.74 Å². The molecule has 0 radical (unpaired) electrons. The first-order chi connectivity index (χ1) is 11.4. The van der Waals surface area contributed by atoms with Crippen molar-refractivity contribution in [1.82, 2.24) is 4.98 Å². The van der Waals surface area contributed by atoms with Crippen LogP contribution in [0.25, 0.3) is 10.8 Å². The van der Waals surface area contributed by atoms with E-state index in [1.54, 1.807) is 24.5 Å². The Balaban J connectivity index is 1.66. The lowest BCUT2D eigenvalue weighted by Crippen LogP contribution is -2.11. The molecule has 2 aromatic carbocycles. The molecule has 0 spiro atoms. The van der Waals surface area contributed by atoms with E-state index in [0.29, 0.717) is 11.3 Å². The van der Waals surface area contributed by atoms with E-state index in [4.69, 9.17) is 4.74 Å². The fourth-order valence-corrected chi connectivity index (χ4v) is 2.32. The normalized spacial score (nSPS) is 13.0. The van der Waals surface area contributed by atoms with Gasteiger partial charge in [0.2, 0.25) is 0 Å². The Morgan fingerprint density at radius 1 is 1.00 bits per heavy atom. The Morgan fingerprint density at radius 2 is 1.75 bits per heavy atom. The number of nitrogens with zero attached hydrogens (tertiary/aromatic N) is 1. The molecule has 0 aliphatic heterocycles. The number of ether oxygens (including phenoxy) is 1. The van der Waals surface area contributed by atoms with Gasteiger partial charge in [0.15, 0.2) is 0 Å². The topological polar surface area (TPSA) is 42.4 Å². The number of rotatable bonds is 4. The number of hydrogen-bond donors (Lipinski definition) is 1. The first kappa shape index (κ1) is 16.3. The number of aliphatic hydroxyl groups excluding tert-OH is 1. The molecule has 24 heavy (non-hydrogen) atoms. The molecule has 0 aliphatic carbocycles. The van der Waals surface area contributed by atoms with Gasteiger partial charge in [-0.25, -0.2) is 0 Å². The van der Waals surface area contributed by atoms with Gasteiger partial charge in [0.25, 0.3) is 0 Å². The minimum atomic E-state index is -4.39. The van der Waals surface area contributed by atoms with Gasteiger partial charge in [-0.2, -0.15) is 13.2 Å². The Kier molecular flexibility index (Phi) is 4.40. The second-order valence-corrected chi connectivity index (χ2v) is 5.33. The number of pyridine rings is 1. The molecule has 0 saturated heterocycles. The summed E-state index contributed by atoms with van der Waals surface area (Å²) < 4.78 is 43.1. The van der Waals surface area contributed by atoms with Crippen LogP contribution in [0.1, 0.15) is 17.2 Å². The third-order valence-electron chi connectivity index (χ3n) is 3.64. The van der Waals surface area contributed by atoms with Gasteiger partial charge < -0.3 is 9.84 Å². The highest BCUT2D eigenvalue weighted by Gasteiger charge is 2.30. The van der Waals surface area contributed by atoms with E-state index >= 15 is 0 Å². The van der Waals surface area contributed by atoms with Crippen molar-refractivity contribution in [2.45, 2.75) is 12.3 Å². The summed E-state index contributed by atoms with van der Waals surface area (Å²) in [6, 6.07) is 11.7. The molecule has 6 heteroatoms. The first-order valence-electron chi connectivity index (χ1n) is 7.25. The number of aliphatic hydroxyl groups is 1. The summed E-state index contributed by atoms with van der Waals surface area (Å²) in [5, 5.41) is 12.0. The molecule has 0 saturated carbocycles. The molecule has 124 valence electrons. The van der Waals surface area contributed by atoms with E-state index in [0.717, 1.165) is 22.9 Å². The maximum atomic E-state index is 12.5. The van der Waals surface area contributed by atoms with Crippen LogP contribution in [-0.2, 0) is 6.18 Å². The lowest BCUT2D eigenvalue weighted by atomic mass is 10.1. The van der Waals surface area contributed by atoms with Crippen LogP contribution >= 0.6 is 0 Å². The quantitative estimate of drug-likeness (QED) is 0.771. The third kappa shape index (κ3) is 3.65. The number of aromatic nitrogens is 1. The molecule has 1 atom stereocenters. The van der Waals surface area contributed by atoms with Gasteiger partial charge in [0.1, 0.15) is 18.5 Å². The Bertz CT molecular complexity index is 832. The molecule has 0 amide bonds. The average Bonchev–Trinajstić information content (AvgIpc) is 2.59. The predicted octanol–water partition coefficient (Wildman–Crippen LogP) is 4.37. The zero-order valence-corrected chi connectivity index (χ0v) is 12.5. The predicted molar refractivity (Wildman–Crippen MR) is 83.6 cm³/mol. The molecule has 0 aliphatic rings. The molecule has 3 aromatic rings. The first-order valence-corrected chi connectivity index (χ1v) is 7.25. The molecule has 1 N–H and O–H groups in total. The van der Waals surface area contributed by atoms with Gasteiger partial charge in [0, 0.05) is 17.8 Å². The molecule has 0 bridgehead atoms. The standard InChI is InChI=1S/C18H14F3NO2/c19-18(20,21)15-4-1-13(2-5-15)17(23)11-24-16-6-3-12-7-8-22-10-14(12)9-16/h1-10,17,23H,11H2. The average molecular weight is 333 g/mol. The summed E-state index contributed by atoms with van der Waals surface area (Å²) in [4.78, 5) is 4.03. The summed E-state index contributed by atoms with van der Waals surface area (Å²) in [6.45, 7) is -0.0584. The van der Waals surface area contributed by atoms with Crippen molar-refractivity contribution in [3.8, 4) is 5.75 Å². The van der Waals surface area contributed by atoms with Crippen LogP contribution in [-0.4, -0.2) is 16.7 Å². The number of fused-ring (bicyclic) bond motifs is 1. The minimum absolute atomic E-state index is 0.0584. The van der Waals surface area contributed by atoms with Crippen molar-refractivity contribution in [3.63, 3.8) is 0 Å². The summed E-state index contributed by atoms with van der Waals surface area (Å²) in [7, 11) is 0. The van der Waals surface area contributed by atoms with Crippen LogP contribution in [0.4, 0.5) is 13.2 Å². The van der Waals surface area contributed by atoms with Crippen molar-refractivity contribution in [2.75, 3.05) is 6.61 Å². The summed E-state index contributed by atoms with van der Waals surface area (Å²) >= 11 is 0. The Morgan fingerprint density at radius 3 is 2.46 bits per heavy atom. The Hall–Kier alpha value is -2.60. The van der Waals surface area contributed by atoms with Crippen LogP contribution in [0.3, 0.4) is 0 Å². The van der Waals surface area contributed by atoms with Crippen LogP contribution in [0.5, 0.6) is 5.75 Å². The van der Waals surface area contributed by atoms with E-state index in [-0.39, 0.29) is 6.61 Å². The van der Waals surface area contributed by atoms with Gasteiger partial charge in [-0.3, -0.25) is 4.98 Å². The number of halogens is 3. The van der Waals surface area contributed by atoms with Gasteiger partial charge >= 0.3 is 6.18 Å². The number of hydrogen-bond acceptors (Lipinski definition) is 3. The van der Waals surface area contributed by atoms with Crippen LogP contribution in [0.15, 0.2) is 60.9 Å². The van der Waals surface area contributed by atoms with Gasteiger partial charge in [-0.15, -0.1) is 0 Å². The molecule has 0 fully saturated rings. The fourth-order valence-electron chi connectivity index (χ4n) is 2.32. The number of alkyl halides is 3. The van der Waals surface area contributed by atoms with Crippen molar-refractivity contribution in [1.29, 1.82) is 0 Å². The molecule has 3 rings (SSSR count). The molecular weight excluding hydrogens is 319 g/mol. The van der Waals surface area contributed by atoms with E-state index in [2.05, 4.69) is 4.98 Å². The van der Waals surface area contributed by atoms with Crippen molar-refractivity contribution in [2.24, 2.45) is 0 Å². The monoisotopic (exact) mass is 333 g/mol. The number of benzene rings is 2. The van der Waals surface area contributed by atoms with Gasteiger partial charge in [-0.05, 0) is 41.3 Å². The Labute approximate surface area is 136 Å². The van der Waals surface area contributed by atoms with E-state index < -0.39 is 17.8 Å². The summed E-state index contributed by atoms with van der Waals surface area (Å²) in [6.07, 6.45) is -2.01. The smallest absolute Gasteiger partial charge is 0.416 e. The van der Waals surface area contributed by atoms with Crippen LogP contribution in [0, 0.1) is 0 Å². The van der Waals surface area contributed by atoms with E-state index in [9.17, 15) is 18.3 Å². The fraction of sp³-hybridized carbons (Fsp3) is 0.167. The molecular formula is C18H14F3NO2. The highest BCUT2D eigenvalue weighted by molar-refractivity contribution is 5.82. The second kappa shape index (κ2) is 6.49. The zero-order valence-electron chi connectivity index (χ0n) is 12.5. The van der Waals surface area contributed by atoms with E-state index in [1.165, 1.54) is 12.1 Å². The van der Waals surface area contributed by atoms with Crippen molar-refractivity contribution >= 4 is 10.8 Å². The molecule has 1 heterocycles. The van der Waals surface area contributed by atoms with Crippen molar-refractivity contribution < 1.29 is 23.0 Å². The zero-order chi connectivity index (χ0) is 17.2. The lowest BCUT2D eigenvalue weighted by Gasteiger charge is -2.14. The van der Waals surface area contributed by atoms with Crippen molar-refractivity contribution in [3.05, 3.63) is 72.1 Å². The SMILES string of the molecule is OC(COc1ccc2ccncc2c1)c1ccc(C(F)(F)F)cc1. The highest BCUT2D eigenvalue weighted by atomic mass is 19.4. The molecule has 3 nitrogen and oxygen atoms in total. The lowest BCUT2D eigenvalue weighted by molar-refractivity contribution is -0.137. The molecule has 1 aromatic heterocycles. The minimum Gasteiger partial charge on any atom is -0.491 e. The second-order valence-electron chi connectivity index (χ2n) is 5.33. The summed E-state index contributed by atoms with van der Waals surface area (Å²) in [5.74, 6) is 0.557. The van der Waals surface area contributed by atoms with E-state index in [1.807, 2.05) is 12.1 Å². The largest absolute Gasteiger partial charge is 0.491 e. The maximum Gasteiger partial charge on any atom is 0.416 e. The maximum absolute atomic E-state index is 12.5. The highest BCUT2D eigenvalue weighted by Crippen LogP contribution is 2.30. The summed E-state index contributed by atoms with van der Waals surface area (Å²) in [5.41, 5.74) is -0.383. The van der Waals surface area contributed by atoms with Gasteiger partial charge in [-0.1, -0.05) is 18.2 Å². The molecule has 1 unspecified atom stereocenters.